The summed E-state index contributed by atoms with van der Waals surface area (Å²) < 4.78 is 0. The molecule has 0 aliphatic carbocycles. The molecule has 1 aromatic heterocycles. The van der Waals surface area contributed by atoms with E-state index in [1.807, 2.05) is 19.2 Å². The summed E-state index contributed by atoms with van der Waals surface area (Å²) in [6.45, 7) is 4.54. The van der Waals surface area contributed by atoms with Crippen LogP contribution in [-0.2, 0) is 11.2 Å². The Hall–Kier alpha value is -0.940. The van der Waals surface area contributed by atoms with Crippen molar-refractivity contribution in [3.05, 3.63) is 16.1 Å². The highest BCUT2D eigenvalue weighted by molar-refractivity contribution is 7.09. The quantitative estimate of drug-likeness (QED) is 0.787. The summed E-state index contributed by atoms with van der Waals surface area (Å²) in [5.74, 6) is 0.0734. The average Bonchev–Trinajstić information content (AvgIpc) is 2.61. The summed E-state index contributed by atoms with van der Waals surface area (Å²) in [6, 6.07) is 0.0898. The molecule has 1 rings (SSSR count). The van der Waals surface area contributed by atoms with Crippen molar-refractivity contribution < 1.29 is 4.79 Å². The first-order valence-corrected chi connectivity index (χ1v) is 6.39. The van der Waals surface area contributed by atoms with Gasteiger partial charge >= 0.3 is 0 Å². The second-order valence-corrected chi connectivity index (χ2v) is 5.04. The van der Waals surface area contributed by atoms with Gasteiger partial charge in [-0.15, -0.1) is 11.3 Å². The number of amides is 1. The number of nitrogens with zero attached hydrogens (tertiary/aromatic N) is 1. The van der Waals surface area contributed by atoms with Gasteiger partial charge in [-0.2, -0.15) is 0 Å². The molecule has 0 bridgehead atoms. The van der Waals surface area contributed by atoms with E-state index in [-0.39, 0.29) is 11.9 Å². The molecule has 3 N–H and O–H groups in total. The maximum absolute atomic E-state index is 11.4. The lowest BCUT2D eigenvalue weighted by molar-refractivity contribution is -0.121. The molecule has 5 heteroatoms. The van der Waals surface area contributed by atoms with Crippen molar-refractivity contribution in [2.45, 2.75) is 39.2 Å². The number of aromatic nitrogens is 1. The summed E-state index contributed by atoms with van der Waals surface area (Å²) in [6.07, 6.45) is 2.05. The lowest BCUT2D eigenvalue weighted by Gasteiger charge is -2.05. The number of carbonyl (C=O) groups is 1. The van der Waals surface area contributed by atoms with Gasteiger partial charge in [-0.3, -0.25) is 4.79 Å². The Kier molecular flexibility index (Phi) is 5.42. The minimum absolute atomic E-state index is 0.0734. The number of hydrogen-bond donors (Lipinski definition) is 2. The summed E-state index contributed by atoms with van der Waals surface area (Å²) in [5.41, 5.74) is 6.63. The van der Waals surface area contributed by atoms with Crippen molar-refractivity contribution in [1.29, 1.82) is 0 Å². The van der Waals surface area contributed by atoms with Crippen LogP contribution in [0, 0.1) is 6.92 Å². The van der Waals surface area contributed by atoms with Crippen molar-refractivity contribution >= 4 is 17.2 Å². The molecule has 1 aromatic rings. The number of nitrogens with two attached hydrogens (primary N) is 1. The topological polar surface area (TPSA) is 68.0 Å². The molecular weight excluding hydrogens is 222 g/mol. The molecule has 0 saturated carbocycles. The standard InChI is InChI=1S/C11H19N3OS/c1-8(12)3-4-11(15)13-6-5-10-7-16-9(2)14-10/h7-8H,3-6,12H2,1-2H3,(H,13,15). The SMILES string of the molecule is Cc1nc(CCNC(=O)CCC(C)N)cs1. The lowest BCUT2D eigenvalue weighted by atomic mass is 10.2. The van der Waals surface area contributed by atoms with Crippen molar-refractivity contribution in [2.24, 2.45) is 5.73 Å². The van der Waals surface area contributed by atoms with Crippen LogP contribution in [0.3, 0.4) is 0 Å². The first-order chi connectivity index (χ1) is 7.58. The molecule has 0 fully saturated rings. The molecule has 1 heterocycles. The van der Waals surface area contributed by atoms with Crippen molar-refractivity contribution in [2.75, 3.05) is 6.54 Å². The van der Waals surface area contributed by atoms with E-state index < -0.39 is 0 Å². The van der Waals surface area contributed by atoms with Gasteiger partial charge in [0.1, 0.15) is 0 Å². The van der Waals surface area contributed by atoms with E-state index >= 15 is 0 Å². The molecule has 0 spiro atoms. The third-order valence-corrected chi connectivity index (χ3v) is 3.02. The summed E-state index contributed by atoms with van der Waals surface area (Å²) in [4.78, 5) is 15.7. The molecule has 4 nitrogen and oxygen atoms in total. The van der Waals surface area contributed by atoms with Crippen LogP contribution >= 0.6 is 11.3 Å². The molecule has 0 radical (unpaired) electrons. The molecule has 0 aliphatic heterocycles. The third-order valence-electron chi connectivity index (χ3n) is 2.20. The fraction of sp³-hybridized carbons (Fsp3) is 0.636. The van der Waals surface area contributed by atoms with Crippen molar-refractivity contribution in [3.63, 3.8) is 0 Å². The minimum atomic E-state index is 0.0734. The molecule has 0 saturated heterocycles. The first-order valence-electron chi connectivity index (χ1n) is 5.51. The molecule has 1 amide bonds. The third kappa shape index (κ3) is 5.23. The van der Waals surface area contributed by atoms with Gasteiger partial charge in [-0.1, -0.05) is 0 Å². The summed E-state index contributed by atoms with van der Waals surface area (Å²) in [7, 11) is 0. The van der Waals surface area contributed by atoms with E-state index in [1.54, 1.807) is 11.3 Å². The number of thiazole rings is 1. The Bertz CT molecular complexity index is 336. The Morgan fingerprint density at radius 3 is 3.00 bits per heavy atom. The molecular formula is C11H19N3OS. The predicted octanol–water partition coefficient (Wildman–Crippen LogP) is 1.24. The molecule has 16 heavy (non-hydrogen) atoms. The Morgan fingerprint density at radius 2 is 2.44 bits per heavy atom. The van der Waals surface area contributed by atoms with Crippen LogP contribution in [0.25, 0.3) is 0 Å². The highest BCUT2D eigenvalue weighted by Crippen LogP contribution is 2.07. The Labute approximate surface area is 100 Å². The van der Waals surface area contributed by atoms with Crippen LogP contribution in [0.5, 0.6) is 0 Å². The second kappa shape index (κ2) is 6.60. The number of carbonyl (C=O) groups excluding carboxylic acids is 1. The fourth-order valence-electron chi connectivity index (χ4n) is 1.30. The van der Waals surface area contributed by atoms with Gasteiger partial charge in [0.05, 0.1) is 10.7 Å². The van der Waals surface area contributed by atoms with Crippen molar-refractivity contribution in [3.8, 4) is 0 Å². The van der Waals surface area contributed by atoms with E-state index in [4.69, 9.17) is 5.73 Å². The Balaban J connectivity index is 2.13. The van der Waals surface area contributed by atoms with Gasteiger partial charge in [0.25, 0.3) is 0 Å². The van der Waals surface area contributed by atoms with Gasteiger partial charge < -0.3 is 11.1 Å². The van der Waals surface area contributed by atoms with Gasteiger partial charge in [-0.05, 0) is 20.3 Å². The van der Waals surface area contributed by atoms with Gasteiger partial charge in [0.15, 0.2) is 0 Å². The van der Waals surface area contributed by atoms with Crippen LogP contribution in [-0.4, -0.2) is 23.5 Å². The van der Waals surface area contributed by atoms with Gasteiger partial charge in [-0.25, -0.2) is 4.98 Å². The molecule has 90 valence electrons. The van der Waals surface area contributed by atoms with Crippen LogP contribution in [0.15, 0.2) is 5.38 Å². The zero-order valence-electron chi connectivity index (χ0n) is 9.82. The average molecular weight is 241 g/mol. The number of aryl methyl sites for hydroxylation is 1. The smallest absolute Gasteiger partial charge is 0.220 e. The van der Waals surface area contributed by atoms with Crippen LogP contribution in [0.4, 0.5) is 0 Å². The lowest BCUT2D eigenvalue weighted by Crippen LogP contribution is -2.27. The predicted molar refractivity (Wildman–Crippen MR) is 66.4 cm³/mol. The highest BCUT2D eigenvalue weighted by atomic mass is 32.1. The minimum Gasteiger partial charge on any atom is -0.356 e. The fourth-order valence-corrected chi connectivity index (χ4v) is 1.95. The van der Waals surface area contributed by atoms with E-state index in [9.17, 15) is 4.79 Å². The van der Waals surface area contributed by atoms with E-state index in [0.717, 1.165) is 23.5 Å². The number of rotatable bonds is 6. The maximum Gasteiger partial charge on any atom is 0.220 e. The maximum atomic E-state index is 11.4. The molecule has 0 aliphatic rings. The Morgan fingerprint density at radius 1 is 1.69 bits per heavy atom. The van der Waals surface area contributed by atoms with E-state index in [0.29, 0.717) is 13.0 Å². The van der Waals surface area contributed by atoms with Gasteiger partial charge in [0, 0.05) is 30.8 Å². The highest BCUT2D eigenvalue weighted by Gasteiger charge is 2.03. The van der Waals surface area contributed by atoms with Crippen LogP contribution < -0.4 is 11.1 Å². The number of nitrogens with one attached hydrogen (secondary N) is 1. The van der Waals surface area contributed by atoms with E-state index in [2.05, 4.69) is 10.3 Å². The first kappa shape index (κ1) is 13.1. The number of hydrogen-bond acceptors (Lipinski definition) is 4. The molecule has 1 unspecified atom stereocenters. The monoisotopic (exact) mass is 241 g/mol. The molecule has 1 atom stereocenters. The zero-order valence-corrected chi connectivity index (χ0v) is 10.6. The second-order valence-electron chi connectivity index (χ2n) is 3.97. The van der Waals surface area contributed by atoms with Crippen molar-refractivity contribution in [1.82, 2.24) is 10.3 Å². The van der Waals surface area contributed by atoms with Crippen LogP contribution in [0.2, 0.25) is 0 Å². The van der Waals surface area contributed by atoms with Crippen LogP contribution in [0.1, 0.15) is 30.5 Å². The zero-order chi connectivity index (χ0) is 12.0. The van der Waals surface area contributed by atoms with E-state index in [1.165, 1.54) is 0 Å². The van der Waals surface area contributed by atoms with Gasteiger partial charge in [0.2, 0.25) is 5.91 Å². The summed E-state index contributed by atoms with van der Waals surface area (Å²) >= 11 is 1.64. The largest absolute Gasteiger partial charge is 0.356 e. The summed E-state index contributed by atoms with van der Waals surface area (Å²) in [5, 5.41) is 5.96. The normalized spacial score (nSPS) is 12.4. The molecule has 0 aromatic carbocycles.